The zero-order valence-electron chi connectivity index (χ0n) is 11.3. The number of halogens is 1. The molecule has 2 nitrogen and oxygen atoms in total. The number of benzene rings is 1. The molecule has 18 heavy (non-hydrogen) atoms. The molecular formula is C15H23FN2. The second-order valence-electron chi connectivity index (χ2n) is 5.91. The van der Waals surface area contributed by atoms with Gasteiger partial charge in [-0.05, 0) is 42.9 Å². The van der Waals surface area contributed by atoms with Crippen LogP contribution in [0.25, 0.3) is 0 Å². The first-order chi connectivity index (χ1) is 8.54. The monoisotopic (exact) mass is 250 g/mol. The minimum atomic E-state index is -0.122. The van der Waals surface area contributed by atoms with Crippen molar-refractivity contribution in [3.05, 3.63) is 30.1 Å². The van der Waals surface area contributed by atoms with Crippen LogP contribution >= 0.6 is 0 Å². The van der Waals surface area contributed by atoms with Crippen LogP contribution in [0.4, 0.5) is 10.1 Å². The van der Waals surface area contributed by atoms with E-state index in [4.69, 9.17) is 5.73 Å². The van der Waals surface area contributed by atoms with Gasteiger partial charge < -0.3 is 10.6 Å². The molecule has 1 fully saturated rings. The van der Waals surface area contributed by atoms with Crippen molar-refractivity contribution in [3.63, 3.8) is 0 Å². The van der Waals surface area contributed by atoms with E-state index in [-0.39, 0.29) is 5.82 Å². The number of rotatable bonds is 3. The van der Waals surface area contributed by atoms with Crippen molar-refractivity contribution in [3.8, 4) is 0 Å². The Labute approximate surface area is 109 Å². The molecular weight excluding hydrogens is 227 g/mol. The fourth-order valence-electron chi connectivity index (χ4n) is 2.84. The van der Waals surface area contributed by atoms with Gasteiger partial charge in [-0.15, -0.1) is 0 Å². The van der Waals surface area contributed by atoms with Crippen LogP contribution in [0.3, 0.4) is 0 Å². The summed E-state index contributed by atoms with van der Waals surface area (Å²) in [5, 5.41) is 0. The maximum atomic E-state index is 13.8. The molecule has 0 aromatic heterocycles. The average Bonchev–Trinajstić information content (AvgIpc) is 2.33. The van der Waals surface area contributed by atoms with Crippen LogP contribution in [0.2, 0.25) is 0 Å². The first kappa shape index (κ1) is 13.3. The third-order valence-electron chi connectivity index (χ3n) is 4.28. The molecule has 1 heterocycles. The molecule has 1 atom stereocenters. The fourth-order valence-corrected chi connectivity index (χ4v) is 2.84. The van der Waals surface area contributed by atoms with Crippen LogP contribution in [-0.2, 0) is 0 Å². The number of hydrogen-bond acceptors (Lipinski definition) is 2. The van der Waals surface area contributed by atoms with Crippen molar-refractivity contribution >= 4 is 5.69 Å². The molecule has 100 valence electrons. The Hall–Kier alpha value is -1.09. The summed E-state index contributed by atoms with van der Waals surface area (Å²) in [6.45, 7) is 7.14. The molecule has 0 amide bonds. The molecule has 1 saturated heterocycles. The zero-order valence-corrected chi connectivity index (χ0v) is 11.3. The summed E-state index contributed by atoms with van der Waals surface area (Å²) in [6.07, 6.45) is 2.10. The lowest BCUT2D eigenvalue weighted by molar-refractivity contribution is 0.162. The third-order valence-corrected chi connectivity index (χ3v) is 4.28. The topological polar surface area (TPSA) is 29.3 Å². The first-order valence-corrected chi connectivity index (χ1v) is 6.74. The summed E-state index contributed by atoms with van der Waals surface area (Å²) in [7, 11) is 0. The fraction of sp³-hybridized carbons (Fsp3) is 0.600. The van der Waals surface area contributed by atoms with E-state index in [1.165, 1.54) is 6.07 Å². The molecule has 0 radical (unpaired) electrons. The van der Waals surface area contributed by atoms with Crippen molar-refractivity contribution in [2.45, 2.75) is 26.7 Å². The van der Waals surface area contributed by atoms with Gasteiger partial charge >= 0.3 is 0 Å². The molecule has 1 aromatic carbocycles. The molecule has 1 unspecified atom stereocenters. The van der Waals surface area contributed by atoms with Crippen molar-refractivity contribution in [2.24, 2.45) is 17.1 Å². The number of piperidine rings is 1. The average molecular weight is 250 g/mol. The van der Waals surface area contributed by atoms with E-state index >= 15 is 0 Å². The molecule has 0 spiro atoms. The van der Waals surface area contributed by atoms with E-state index in [1.54, 1.807) is 6.07 Å². The highest BCUT2D eigenvalue weighted by atomic mass is 19.1. The largest absolute Gasteiger partial charge is 0.369 e. The lowest BCUT2D eigenvalue weighted by Gasteiger charge is -2.45. The van der Waals surface area contributed by atoms with Crippen molar-refractivity contribution in [1.29, 1.82) is 0 Å². The van der Waals surface area contributed by atoms with E-state index in [2.05, 4.69) is 18.7 Å². The van der Waals surface area contributed by atoms with Gasteiger partial charge in [0, 0.05) is 13.1 Å². The SMILES string of the molecule is CC1(C)CCN(c2ccccc2F)CC1CCN. The second-order valence-corrected chi connectivity index (χ2v) is 5.91. The molecule has 3 heteroatoms. The predicted molar refractivity (Wildman–Crippen MR) is 74.2 cm³/mol. The van der Waals surface area contributed by atoms with Crippen LogP contribution in [0.5, 0.6) is 0 Å². The molecule has 0 aliphatic carbocycles. The number of nitrogens with zero attached hydrogens (tertiary/aromatic N) is 1. The molecule has 1 aromatic rings. The predicted octanol–water partition coefficient (Wildman–Crippen LogP) is 3.03. The van der Waals surface area contributed by atoms with Crippen LogP contribution in [0.15, 0.2) is 24.3 Å². The molecule has 0 saturated carbocycles. The van der Waals surface area contributed by atoms with E-state index in [1.807, 2.05) is 12.1 Å². The maximum absolute atomic E-state index is 13.8. The van der Waals surface area contributed by atoms with Crippen LogP contribution in [0, 0.1) is 17.2 Å². The lowest BCUT2D eigenvalue weighted by atomic mass is 9.72. The maximum Gasteiger partial charge on any atom is 0.146 e. The van der Waals surface area contributed by atoms with Gasteiger partial charge in [0.05, 0.1) is 5.69 Å². The first-order valence-electron chi connectivity index (χ1n) is 6.74. The highest BCUT2D eigenvalue weighted by molar-refractivity contribution is 5.48. The van der Waals surface area contributed by atoms with Gasteiger partial charge in [-0.2, -0.15) is 0 Å². The number of hydrogen-bond donors (Lipinski definition) is 1. The Kier molecular flexibility index (Phi) is 3.91. The van der Waals surface area contributed by atoms with Gasteiger partial charge in [-0.3, -0.25) is 0 Å². The van der Waals surface area contributed by atoms with Crippen molar-refractivity contribution in [1.82, 2.24) is 0 Å². The second kappa shape index (κ2) is 5.27. The van der Waals surface area contributed by atoms with Gasteiger partial charge in [0.15, 0.2) is 0 Å². The molecule has 2 N–H and O–H groups in total. The van der Waals surface area contributed by atoms with Crippen LogP contribution in [-0.4, -0.2) is 19.6 Å². The summed E-state index contributed by atoms with van der Waals surface area (Å²) < 4.78 is 13.8. The summed E-state index contributed by atoms with van der Waals surface area (Å²) in [5.74, 6) is 0.416. The Balaban J connectivity index is 2.16. The van der Waals surface area contributed by atoms with E-state index in [0.29, 0.717) is 17.9 Å². The van der Waals surface area contributed by atoms with Crippen molar-refractivity contribution in [2.75, 3.05) is 24.5 Å². The van der Waals surface area contributed by atoms with Gasteiger partial charge in [0.25, 0.3) is 0 Å². The minimum absolute atomic E-state index is 0.122. The highest BCUT2D eigenvalue weighted by Gasteiger charge is 2.35. The number of anilines is 1. The Morgan fingerprint density at radius 3 is 2.78 bits per heavy atom. The molecule has 1 aliphatic rings. The number of para-hydroxylation sites is 1. The standard InChI is InChI=1S/C15H23FN2/c1-15(2)8-10-18(11-12(15)7-9-17)14-6-4-3-5-13(14)16/h3-6,12H,7-11,17H2,1-2H3. The quantitative estimate of drug-likeness (QED) is 0.893. The zero-order chi connectivity index (χ0) is 13.2. The summed E-state index contributed by atoms with van der Waals surface area (Å²) in [4.78, 5) is 2.17. The van der Waals surface area contributed by atoms with Crippen LogP contribution in [0.1, 0.15) is 26.7 Å². The smallest absolute Gasteiger partial charge is 0.146 e. The Morgan fingerprint density at radius 2 is 2.11 bits per heavy atom. The summed E-state index contributed by atoms with van der Waals surface area (Å²) in [5.41, 5.74) is 6.74. The summed E-state index contributed by atoms with van der Waals surface area (Å²) in [6, 6.07) is 7.04. The normalized spacial score (nSPS) is 23.1. The number of nitrogens with two attached hydrogens (primary N) is 1. The van der Waals surface area contributed by atoms with Crippen LogP contribution < -0.4 is 10.6 Å². The third kappa shape index (κ3) is 2.66. The minimum Gasteiger partial charge on any atom is -0.369 e. The van der Waals surface area contributed by atoms with Gasteiger partial charge in [-0.25, -0.2) is 4.39 Å². The molecule has 2 rings (SSSR count). The van der Waals surface area contributed by atoms with Gasteiger partial charge in [-0.1, -0.05) is 26.0 Å². The Bertz CT molecular complexity index is 403. The van der Waals surface area contributed by atoms with E-state index in [0.717, 1.165) is 31.6 Å². The van der Waals surface area contributed by atoms with Gasteiger partial charge in [0.2, 0.25) is 0 Å². The molecule has 1 aliphatic heterocycles. The Morgan fingerprint density at radius 1 is 1.39 bits per heavy atom. The highest BCUT2D eigenvalue weighted by Crippen LogP contribution is 2.39. The van der Waals surface area contributed by atoms with Crippen molar-refractivity contribution < 1.29 is 4.39 Å². The van der Waals surface area contributed by atoms with E-state index in [9.17, 15) is 4.39 Å². The lowest BCUT2D eigenvalue weighted by Crippen LogP contribution is -2.45. The van der Waals surface area contributed by atoms with Gasteiger partial charge in [0.1, 0.15) is 5.82 Å². The van der Waals surface area contributed by atoms with E-state index < -0.39 is 0 Å². The molecule has 0 bridgehead atoms. The summed E-state index contributed by atoms with van der Waals surface area (Å²) >= 11 is 0.